The lowest BCUT2D eigenvalue weighted by Gasteiger charge is -2.25. The van der Waals surface area contributed by atoms with Gasteiger partial charge in [-0.3, -0.25) is 4.79 Å². The molecule has 0 unspecified atom stereocenters. The van der Waals surface area contributed by atoms with Crippen LogP contribution in [0, 0.1) is 16.7 Å². The summed E-state index contributed by atoms with van der Waals surface area (Å²) in [5, 5.41) is 9.36. The van der Waals surface area contributed by atoms with Crippen LogP contribution >= 0.6 is 11.6 Å². The number of amides is 1. The zero-order valence-electron chi connectivity index (χ0n) is 10.8. The fourth-order valence-corrected chi connectivity index (χ4v) is 1.76. The predicted molar refractivity (Wildman–Crippen MR) is 70.8 cm³/mol. The van der Waals surface area contributed by atoms with Crippen LogP contribution in [-0.2, 0) is 4.79 Å². The summed E-state index contributed by atoms with van der Waals surface area (Å²) in [6, 6.07) is 7.00. The molecule has 5 heteroatoms. The van der Waals surface area contributed by atoms with Crippen molar-refractivity contribution in [2.75, 3.05) is 19.1 Å². The molecule has 0 heterocycles. The molecule has 0 atom stereocenters. The second-order valence-corrected chi connectivity index (χ2v) is 4.83. The molecule has 0 spiro atoms. The number of ether oxygens (including phenoxy) is 1. The molecular weight excluding hydrogens is 252 g/mol. The van der Waals surface area contributed by atoms with Crippen LogP contribution < -0.4 is 9.64 Å². The van der Waals surface area contributed by atoms with Crippen molar-refractivity contribution >= 4 is 23.2 Å². The van der Waals surface area contributed by atoms with Crippen LogP contribution in [0.5, 0.6) is 5.75 Å². The van der Waals surface area contributed by atoms with Gasteiger partial charge in [-0.05, 0) is 26.0 Å². The molecule has 0 N–H and O–H groups in total. The number of carbonyl (C=O) groups is 1. The first kappa shape index (κ1) is 14.3. The Balaban J connectivity index is 3.09. The Morgan fingerprint density at radius 1 is 1.50 bits per heavy atom. The highest BCUT2D eigenvalue weighted by molar-refractivity contribution is 6.34. The third kappa shape index (κ3) is 2.74. The smallest absolute Gasteiger partial charge is 0.246 e. The van der Waals surface area contributed by atoms with E-state index in [1.807, 2.05) is 6.07 Å². The molecule has 0 saturated heterocycles. The Labute approximate surface area is 112 Å². The number of methoxy groups -OCH3 is 1. The summed E-state index contributed by atoms with van der Waals surface area (Å²) in [6.45, 7) is 3.15. The van der Waals surface area contributed by atoms with Crippen molar-refractivity contribution in [1.29, 1.82) is 5.26 Å². The largest absolute Gasteiger partial charge is 0.497 e. The van der Waals surface area contributed by atoms with Gasteiger partial charge in [0.1, 0.15) is 11.2 Å². The Kier molecular flexibility index (Phi) is 4.20. The van der Waals surface area contributed by atoms with Gasteiger partial charge in [-0.1, -0.05) is 11.6 Å². The fourth-order valence-electron chi connectivity index (χ4n) is 1.46. The van der Waals surface area contributed by atoms with E-state index >= 15 is 0 Å². The monoisotopic (exact) mass is 266 g/mol. The minimum atomic E-state index is -1.09. The van der Waals surface area contributed by atoms with Gasteiger partial charge in [-0.2, -0.15) is 5.26 Å². The molecule has 0 aliphatic rings. The third-order valence-electron chi connectivity index (χ3n) is 2.64. The second kappa shape index (κ2) is 5.28. The van der Waals surface area contributed by atoms with Gasteiger partial charge < -0.3 is 9.64 Å². The SMILES string of the molecule is COc1ccc(N(C)C(=O)C(C)(C)C#N)c(Cl)c1. The molecule has 0 aliphatic carbocycles. The lowest BCUT2D eigenvalue weighted by molar-refractivity contribution is -0.123. The summed E-state index contributed by atoms with van der Waals surface area (Å²) in [6.07, 6.45) is 0. The summed E-state index contributed by atoms with van der Waals surface area (Å²) in [4.78, 5) is 13.5. The summed E-state index contributed by atoms with van der Waals surface area (Å²) in [5.74, 6) is 0.307. The molecule has 1 rings (SSSR count). The lowest BCUT2D eigenvalue weighted by atomic mass is 9.94. The maximum atomic E-state index is 12.1. The number of anilines is 1. The molecule has 0 radical (unpaired) electrons. The van der Waals surface area contributed by atoms with Crippen molar-refractivity contribution in [3.63, 3.8) is 0 Å². The highest BCUT2D eigenvalue weighted by atomic mass is 35.5. The molecule has 0 bridgehead atoms. The van der Waals surface area contributed by atoms with Crippen LogP contribution in [0.1, 0.15) is 13.8 Å². The Hall–Kier alpha value is -1.73. The van der Waals surface area contributed by atoms with E-state index in [2.05, 4.69) is 0 Å². The van der Waals surface area contributed by atoms with Crippen LogP contribution in [0.15, 0.2) is 18.2 Å². The lowest BCUT2D eigenvalue weighted by Crippen LogP contribution is -2.37. The van der Waals surface area contributed by atoms with E-state index in [4.69, 9.17) is 21.6 Å². The standard InChI is InChI=1S/C13H15ClN2O2/c1-13(2,8-15)12(17)16(3)11-6-5-9(18-4)7-10(11)14/h5-7H,1-4H3. The zero-order valence-corrected chi connectivity index (χ0v) is 11.6. The van der Waals surface area contributed by atoms with Crippen molar-refractivity contribution < 1.29 is 9.53 Å². The summed E-state index contributed by atoms with van der Waals surface area (Å²) in [5.41, 5.74) is -0.538. The highest BCUT2D eigenvalue weighted by Gasteiger charge is 2.31. The average molecular weight is 267 g/mol. The van der Waals surface area contributed by atoms with Crippen molar-refractivity contribution in [2.24, 2.45) is 5.41 Å². The molecule has 1 aromatic rings. The number of nitrogens with zero attached hydrogens (tertiary/aromatic N) is 2. The molecule has 1 aromatic carbocycles. The van der Waals surface area contributed by atoms with Gasteiger partial charge in [-0.25, -0.2) is 0 Å². The first-order valence-electron chi connectivity index (χ1n) is 5.36. The number of hydrogen-bond acceptors (Lipinski definition) is 3. The van der Waals surface area contributed by atoms with E-state index in [1.165, 1.54) is 4.90 Å². The summed E-state index contributed by atoms with van der Waals surface area (Å²) in [7, 11) is 3.13. The maximum Gasteiger partial charge on any atom is 0.246 e. The topological polar surface area (TPSA) is 53.3 Å². The number of hydrogen-bond donors (Lipinski definition) is 0. The van der Waals surface area contributed by atoms with Gasteiger partial charge in [-0.15, -0.1) is 0 Å². The number of halogens is 1. The molecule has 0 saturated carbocycles. The molecule has 0 aliphatic heterocycles. The second-order valence-electron chi connectivity index (χ2n) is 4.42. The molecule has 4 nitrogen and oxygen atoms in total. The highest BCUT2D eigenvalue weighted by Crippen LogP contribution is 2.31. The third-order valence-corrected chi connectivity index (χ3v) is 2.94. The van der Waals surface area contributed by atoms with E-state index in [0.29, 0.717) is 16.5 Å². The fraction of sp³-hybridized carbons (Fsp3) is 0.385. The van der Waals surface area contributed by atoms with Gasteiger partial charge >= 0.3 is 0 Å². The number of rotatable bonds is 3. The van der Waals surface area contributed by atoms with Gasteiger partial charge in [0.15, 0.2) is 0 Å². The van der Waals surface area contributed by atoms with Crippen molar-refractivity contribution in [2.45, 2.75) is 13.8 Å². The summed E-state index contributed by atoms with van der Waals surface area (Å²) >= 11 is 6.08. The molecule has 0 aromatic heterocycles. The minimum Gasteiger partial charge on any atom is -0.497 e. The molecule has 96 valence electrons. The number of carbonyl (C=O) groups excluding carboxylic acids is 1. The van der Waals surface area contributed by atoms with E-state index in [1.54, 1.807) is 46.2 Å². The van der Waals surface area contributed by atoms with Crippen LogP contribution in [0.2, 0.25) is 5.02 Å². The Morgan fingerprint density at radius 2 is 2.11 bits per heavy atom. The Bertz CT molecular complexity index is 506. The minimum absolute atomic E-state index is 0.308. The van der Waals surface area contributed by atoms with E-state index < -0.39 is 5.41 Å². The maximum absolute atomic E-state index is 12.1. The van der Waals surface area contributed by atoms with Gasteiger partial charge in [0.2, 0.25) is 5.91 Å². The first-order chi connectivity index (χ1) is 8.33. The van der Waals surface area contributed by atoms with Crippen LogP contribution in [-0.4, -0.2) is 20.1 Å². The van der Waals surface area contributed by atoms with Crippen LogP contribution in [0.4, 0.5) is 5.69 Å². The van der Waals surface area contributed by atoms with Crippen molar-refractivity contribution in [3.05, 3.63) is 23.2 Å². The summed E-state index contributed by atoms with van der Waals surface area (Å²) < 4.78 is 5.04. The van der Waals surface area contributed by atoms with Crippen LogP contribution in [0.25, 0.3) is 0 Å². The average Bonchev–Trinajstić information content (AvgIpc) is 2.36. The normalized spacial score (nSPS) is 10.7. The molecular formula is C13H15ClN2O2. The first-order valence-corrected chi connectivity index (χ1v) is 5.74. The van der Waals surface area contributed by atoms with E-state index in [-0.39, 0.29) is 5.91 Å². The predicted octanol–water partition coefficient (Wildman–Crippen LogP) is 2.86. The van der Waals surface area contributed by atoms with E-state index in [9.17, 15) is 4.79 Å². The number of nitriles is 1. The van der Waals surface area contributed by atoms with Crippen LogP contribution in [0.3, 0.4) is 0 Å². The quantitative estimate of drug-likeness (QED) is 0.845. The molecule has 1 amide bonds. The zero-order chi connectivity index (χ0) is 13.9. The Morgan fingerprint density at radius 3 is 2.56 bits per heavy atom. The van der Waals surface area contributed by atoms with Gasteiger partial charge in [0.25, 0.3) is 0 Å². The molecule has 0 fully saturated rings. The van der Waals surface area contributed by atoms with Crippen molar-refractivity contribution in [1.82, 2.24) is 0 Å². The van der Waals surface area contributed by atoms with E-state index in [0.717, 1.165) is 0 Å². The van der Waals surface area contributed by atoms with Gasteiger partial charge in [0.05, 0.1) is 23.9 Å². The molecule has 18 heavy (non-hydrogen) atoms. The van der Waals surface area contributed by atoms with Crippen molar-refractivity contribution in [3.8, 4) is 11.8 Å². The number of benzene rings is 1. The van der Waals surface area contributed by atoms with Gasteiger partial charge in [0, 0.05) is 13.1 Å².